The van der Waals surface area contributed by atoms with Gasteiger partial charge in [0.15, 0.2) is 0 Å². The van der Waals surface area contributed by atoms with Crippen LogP contribution in [0.15, 0.2) is 27.2 Å². The highest BCUT2D eigenvalue weighted by molar-refractivity contribution is 6.01. The maximum atomic E-state index is 12.1. The van der Waals surface area contributed by atoms with E-state index >= 15 is 0 Å². The van der Waals surface area contributed by atoms with Gasteiger partial charge in [0.05, 0.1) is 5.71 Å². The first-order valence-corrected chi connectivity index (χ1v) is 8.43. The van der Waals surface area contributed by atoms with Crippen molar-refractivity contribution in [2.75, 3.05) is 26.2 Å². The Labute approximate surface area is 142 Å². The Hall–Kier alpha value is -2.15. The monoisotopic (exact) mass is 336 g/mol. The molecule has 0 aliphatic heterocycles. The van der Waals surface area contributed by atoms with Gasteiger partial charge >= 0.3 is 5.69 Å². The summed E-state index contributed by atoms with van der Waals surface area (Å²) < 4.78 is 1.07. The summed E-state index contributed by atoms with van der Waals surface area (Å²) in [6.45, 7) is 13.3. The van der Waals surface area contributed by atoms with Crippen LogP contribution in [0.5, 0.6) is 5.88 Å². The Morgan fingerprint density at radius 1 is 1.33 bits per heavy atom. The number of hydrogen-bond acceptors (Lipinski definition) is 5. The van der Waals surface area contributed by atoms with Crippen LogP contribution in [0.25, 0.3) is 0 Å². The first-order chi connectivity index (χ1) is 11.5. The number of aliphatic imine (C=N–C) groups is 1. The van der Waals surface area contributed by atoms with Crippen LogP contribution in [0.2, 0.25) is 0 Å². The third kappa shape index (κ3) is 4.92. The predicted molar refractivity (Wildman–Crippen MR) is 97.3 cm³/mol. The van der Waals surface area contributed by atoms with Gasteiger partial charge in [-0.3, -0.25) is 19.3 Å². The van der Waals surface area contributed by atoms with E-state index in [1.807, 2.05) is 6.92 Å². The zero-order valence-electron chi connectivity index (χ0n) is 14.8. The number of aromatic hydroxyl groups is 1. The molecule has 0 radical (unpaired) electrons. The lowest BCUT2D eigenvalue weighted by Crippen LogP contribution is -2.33. The van der Waals surface area contributed by atoms with Crippen LogP contribution in [-0.2, 0) is 6.54 Å². The zero-order valence-corrected chi connectivity index (χ0v) is 14.8. The quantitative estimate of drug-likeness (QED) is 0.383. The molecule has 0 saturated heterocycles. The van der Waals surface area contributed by atoms with Crippen LogP contribution >= 0.6 is 0 Å². The first-order valence-electron chi connectivity index (χ1n) is 8.43. The van der Waals surface area contributed by atoms with Crippen molar-refractivity contribution >= 4 is 5.71 Å². The van der Waals surface area contributed by atoms with Crippen LogP contribution in [0.3, 0.4) is 0 Å². The molecule has 0 aliphatic carbocycles. The summed E-state index contributed by atoms with van der Waals surface area (Å²) in [5, 5.41) is 10.3. The molecule has 0 spiro atoms. The highest BCUT2D eigenvalue weighted by atomic mass is 16.3. The third-order valence-corrected chi connectivity index (χ3v) is 3.94. The van der Waals surface area contributed by atoms with Crippen molar-refractivity contribution < 1.29 is 5.11 Å². The largest absolute Gasteiger partial charge is 0.494 e. The number of hydrogen-bond donors (Lipinski definition) is 2. The molecule has 1 heterocycles. The zero-order chi connectivity index (χ0) is 18.1. The number of nitrogens with one attached hydrogen (secondary N) is 1. The average Bonchev–Trinajstić information content (AvgIpc) is 2.56. The number of nitrogens with zero attached hydrogens (tertiary/aromatic N) is 3. The highest BCUT2D eigenvalue weighted by Crippen LogP contribution is 2.13. The number of aromatic amines is 1. The lowest BCUT2D eigenvalue weighted by molar-refractivity contribution is 0.302. The topological polar surface area (TPSA) is 90.7 Å². The molecule has 0 amide bonds. The lowest BCUT2D eigenvalue weighted by atomic mass is 10.1. The molecule has 24 heavy (non-hydrogen) atoms. The molecule has 1 aromatic rings. The van der Waals surface area contributed by atoms with Crippen LogP contribution in [0.4, 0.5) is 0 Å². The van der Waals surface area contributed by atoms with E-state index in [1.165, 1.54) is 6.08 Å². The van der Waals surface area contributed by atoms with E-state index in [1.54, 1.807) is 0 Å². The highest BCUT2D eigenvalue weighted by Gasteiger charge is 2.17. The van der Waals surface area contributed by atoms with Crippen molar-refractivity contribution in [2.24, 2.45) is 4.99 Å². The molecule has 0 aromatic carbocycles. The minimum absolute atomic E-state index is 0.0711. The van der Waals surface area contributed by atoms with Gasteiger partial charge < -0.3 is 10.0 Å². The Balaban J connectivity index is 3.05. The van der Waals surface area contributed by atoms with E-state index < -0.39 is 11.2 Å². The first kappa shape index (κ1) is 19.9. The van der Waals surface area contributed by atoms with E-state index in [0.717, 1.165) is 30.6 Å². The molecular weight excluding hydrogens is 308 g/mol. The molecule has 0 atom stereocenters. The Morgan fingerprint density at radius 3 is 2.54 bits per heavy atom. The van der Waals surface area contributed by atoms with Gasteiger partial charge in [-0.05, 0) is 32.5 Å². The smallest absolute Gasteiger partial charge is 0.331 e. The van der Waals surface area contributed by atoms with Gasteiger partial charge in [-0.2, -0.15) is 0 Å². The number of aromatic nitrogens is 2. The van der Waals surface area contributed by atoms with Crippen molar-refractivity contribution in [3.05, 3.63) is 39.1 Å². The van der Waals surface area contributed by atoms with Crippen LogP contribution in [0, 0.1) is 0 Å². The fraction of sp³-hybridized carbons (Fsp3) is 0.588. The van der Waals surface area contributed by atoms with Gasteiger partial charge in [-0.15, -0.1) is 6.58 Å². The molecule has 0 aliphatic rings. The van der Waals surface area contributed by atoms with Gasteiger partial charge in [-0.1, -0.05) is 26.8 Å². The second-order valence-corrected chi connectivity index (χ2v) is 5.42. The summed E-state index contributed by atoms with van der Waals surface area (Å²) in [4.78, 5) is 32.9. The standard InChI is InChI=1S/C17H28N4O3/c1-5-11-21-16(23)14(15(22)19-17(21)24)13(6-2)18-10-9-12-20(7-3)8-4/h5,23H,1,6-12H2,2-4H3,(H,19,22,24). The van der Waals surface area contributed by atoms with E-state index in [4.69, 9.17) is 0 Å². The van der Waals surface area contributed by atoms with E-state index in [9.17, 15) is 14.7 Å². The summed E-state index contributed by atoms with van der Waals surface area (Å²) in [5.41, 5.74) is -0.687. The third-order valence-electron chi connectivity index (χ3n) is 3.94. The second-order valence-electron chi connectivity index (χ2n) is 5.42. The van der Waals surface area contributed by atoms with Crippen LogP contribution < -0.4 is 11.2 Å². The maximum Gasteiger partial charge on any atom is 0.331 e. The van der Waals surface area contributed by atoms with Gasteiger partial charge in [-0.25, -0.2) is 4.79 Å². The fourth-order valence-corrected chi connectivity index (χ4v) is 2.53. The Morgan fingerprint density at radius 2 is 2.00 bits per heavy atom. The van der Waals surface area contributed by atoms with E-state index in [0.29, 0.717) is 18.7 Å². The predicted octanol–water partition coefficient (Wildman–Crippen LogP) is 1.36. The Kier molecular flexibility index (Phi) is 8.18. The second kappa shape index (κ2) is 9.87. The maximum absolute atomic E-state index is 12.1. The molecule has 7 heteroatoms. The van der Waals surface area contributed by atoms with Crippen molar-refractivity contribution in [1.82, 2.24) is 14.5 Å². The lowest BCUT2D eigenvalue weighted by Gasteiger charge is -2.17. The summed E-state index contributed by atoms with van der Waals surface area (Å²) >= 11 is 0. The van der Waals surface area contributed by atoms with Crippen LogP contribution in [0.1, 0.15) is 39.2 Å². The molecule has 1 rings (SSSR count). The molecule has 0 saturated carbocycles. The molecule has 0 fully saturated rings. The summed E-state index contributed by atoms with van der Waals surface area (Å²) in [5.74, 6) is -0.354. The summed E-state index contributed by atoms with van der Waals surface area (Å²) in [6, 6.07) is 0. The molecule has 134 valence electrons. The number of rotatable bonds is 10. The van der Waals surface area contributed by atoms with Crippen molar-refractivity contribution in [1.29, 1.82) is 0 Å². The van der Waals surface area contributed by atoms with Gasteiger partial charge in [0.25, 0.3) is 5.56 Å². The Bertz CT molecular complexity index is 684. The van der Waals surface area contributed by atoms with Crippen molar-refractivity contribution in [2.45, 2.75) is 40.2 Å². The summed E-state index contributed by atoms with van der Waals surface area (Å²) in [6.07, 6.45) is 2.85. The minimum Gasteiger partial charge on any atom is -0.494 e. The van der Waals surface area contributed by atoms with Gasteiger partial charge in [0.1, 0.15) is 5.56 Å². The SMILES string of the molecule is C=CCn1c(O)c(C(CC)=NCCCN(CC)CC)c(=O)[nH]c1=O. The average molecular weight is 336 g/mol. The molecule has 0 bridgehead atoms. The number of H-pyrrole nitrogens is 1. The van der Waals surface area contributed by atoms with Crippen molar-refractivity contribution in [3.63, 3.8) is 0 Å². The number of allylic oxidation sites excluding steroid dienone is 1. The van der Waals surface area contributed by atoms with Gasteiger partial charge in [0.2, 0.25) is 5.88 Å². The van der Waals surface area contributed by atoms with E-state index in [2.05, 4.69) is 35.3 Å². The minimum atomic E-state index is -0.655. The fourth-order valence-electron chi connectivity index (χ4n) is 2.53. The molecule has 1 aromatic heterocycles. The molecule has 7 nitrogen and oxygen atoms in total. The van der Waals surface area contributed by atoms with Crippen LogP contribution in [-0.4, -0.2) is 51.4 Å². The summed E-state index contributed by atoms with van der Waals surface area (Å²) in [7, 11) is 0. The normalized spacial score (nSPS) is 11.9. The molecular formula is C17H28N4O3. The molecule has 2 N–H and O–H groups in total. The van der Waals surface area contributed by atoms with Crippen molar-refractivity contribution in [3.8, 4) is 5.88 Å². The van der Waals surface area contributed by atoms with E-state index in [-0.39, 0.29) is 18.0 Å². The van der Waals surface area contributed by atoms with Gasteiger partial charge in [0, 0.05) is 13.1 Å². The molecule has 0 unspecified atom stereocenters.